The zero-order valence-electron chi connectivity index (χ0n) is 10.3. The fourth-order valence-corrected chi connectivity index (χ4v) is 2.05. The smallest absolute Gasteiger partial charge is 0.0587 e. The highest BCUT2D eigenvalue weighted by Crippen LogP contribution is 2.48. The maximum Gasteiger partial charge on any atom is 0.0587 e. The number of methoxy groups -OCH3 is 1. The molecule has 1 aliphatic rings. The zero-order chi connectivity index (χ0) is 11.0. The fraction of sp³-hybridized carbons (Fsp3) is 1.00. The summed E-state index contributed by atoms with van der Waals surface area (Å²) in [5.41, 5.74) is 0.682. The van der Waals surface area contributed by atoms with Gasteiger partial charge in [0.15, 0.2) is 0 Å². The molecule has 0 bridgehead atoms. The third-order valence-corrected chi connectivity index (χ3v) is 3.20. The third kappa shape index (κ3) is 5.50. The van der Waals surface area contributed by atoms with E-state index in [1.807, 2.05) is 0 Å². The van der Waals surface area contributed by atoms with Crippen molar-refractivity contribution in [2.24, 2.45) is 5.41 Å². The van der Waals surface area contributed by atoms with Crippen molar-refractivity contribution in [3.8, 4) is 0 Å². The number of ether oxygens (including phenoxy) is 1. The summed E-state index contributed by atoms with van der Waals surface area (Å²) in [7, 11) is 1.74. The highest BCUT2D eigenvalue weighted by Gasteiger charge is 2.40. The summed E-state index contributed by atoms with van der Waals surface area (Å²) in [6.45, 7) is 7.39. The minimum Gasteiger partial charge on any atom is -0.383 e. The Kier molecular flexibility index (Phi) is 6.22. The van der Waals surface area contributed by atoms with E-state index < -0.39 is 0 Å². The van der Waals surface area contributed by atoms with Gasteiger partial charge in [0.1, 0.15) is 0 Å². The third-order valence-electron chi connectivity index (χ3n) is 3.20. The molecule has 90 valence electrons. The second-order valence-electron chi connectivity index (χ2n) is 4.67. The maximum absolute atomic E-state index is 4.96. The van der Waals surface area contributed by atoms with Gasteiger partial charge < -0.3 is 15.4 Å². The molecule has 0 atom stereocenters. The highest BCUT2D eigenvalue weighted by molar-refractivity contribution is 4.94. The van der Waals surface area contributed by atoms with Crippen LogP contribution in [-0.4, -0.2) is 39.9 Å². The van der Waals surface area contributed by atoms with Crippen LogP contribution in [-0.2, 0) is 4.74 Å². The second-order valence-corrected chi connectivity index (χ2v) is 4.67. The molecule has 0 heterocycles. The van der Waals surface area contributed by atoms with Crippen LogP contribution in [0, 0.1) is 5.41 Å². The van der Waals surface area contributed by atoms with E-state index in [0.717, 1.165) is 26.2 Å². The summed E-state index contributed by atoms with van der Waals surface area (Å²) in [5.74, 6) is 0. The van der Waals surface area contributed by atoms with Gasteiger partial charge in [-0.15, -0.1) is 0 Å². The summed E-state index contributed by atoms with van der Waals surface area (Å²) >= 11 is 0. The predicted molar refractivity (Wildman–Crippen MR) is 64.2 cm³/mol. The molecular weight excluding hydrogens is 188 g/mol. The van der Waals surface area contributed by atoms with E-state index >= 15 is 0 Å². The topological polar surface area (TPSA) is 33.3 Å². The molecule has 1 fully saturated rings. The minimum atomic E-state index is 0.682. The fourth-order valence-electron chi connectivity index (χ4n) is 2.05. The van der Waals surface area contributed by atoms with Crippen molar-refractivity contribution in [3.05, 3.63) is 0 Å². The highest BCUT2D eigenvalue weighted by atomic mass is 16.5. The molecule has 0 aromatic carbocycles. The van der Waals surface area contributed by atoms with Gasteiger partial charge in [0.05, 0.1) is 6.61 Å². The molecule has 0 saturated heterocycles. The molecular formula is C12H26N2O. The van der Waals surface area contributed by atoms with Crippen LogP contribution in [0.15, 0.2) is 0 Å². The Hall–Kier alpha value is -0.120. The first-order valence-corrected chi connectivity index (χ1v) is 6.23. The van der Waals surface area contributed by atoms with Crippen molar-refractivity contribution in [1.82, 2.24) is 10.6 Å². The van der Waals surface area contributed by atoms with Gasteiger partial charge in [-0.2, -0.15) is 0 Å². The Morgan fingerprint density at radius 2 is 1.87 bits per heavy atom. The van der Waals surface area contributed by atoms with E-state index in [4.69, 9.17) is 4.74 Å². The predicted octanol–water partition coefficient (Wildman–Crippen LogP) is 1.39. The molecule has 1 rings (SSSR count). The van der Waals surface area contributed by atoms with Gasteiger partial charge in [0.2, 0.25) is 0 Å². The average molecular weight is 214 g/mol. The molecule has 0 radical (unpaired) electrons. The van der Waals surface area contributed by atoms with Gasteiger partial charge >= 0.3 is 0 Å². The molecule has 0 aliphatic heterocycles. The number of nitrogens with one attached hydrogen (secondary N) is 2. The molecule has 1 aliphatic carbocycles. The lowest BCUT2D eigenvalue weighted by Gasteiger charge is -2.14. The monoisotopic (exact) mass is 214 g/mol. The molecule has 3 nitrogen and oxygen atoms in total. The Labute approximate surface area is 94.0 Å². The number of rotatable bonds is 10. The van der Waals surface area contributed by atoms with E-state index in [2.05, 4.69) is 17.6 Å². The average Bonchev–Trinajstić information content (AvgIpc) is 2.98. The van der Waals surface area contributed by atoms with Gasteiger partial charge in [-0.25, -0.2) is 0 Å². The summed E-state index contributed by atoms with van der Waals surface area (Å²) in [4.78, 5) is 0. The van der Waals surface area contributed by atoms with Gasteiger partial charge in [0.25, 0.3) is 0 Å². The van der Waals surface area contributed by atoms with Crippen LogP contribution >= 0.6 is 0 Å². The first-order chi connectivity index (χ1) is 7.33. The summed E-state index contributed by atoms with van der Waals surface area (Å²) in [6, 6.07) is 0. The molecule has 0 spiro atoms. The van der Waals surface area contributed by atoms with E-state index in [9.17, 15) is 0 Å². The molecule has 15 heavy (non-hydrogen) atoms. The van der Waals surface area contributed by atoms with E-state index in [-0.39, 0.29) is 0 Å². The van der Waals surface area contributed by atoms with Crippen LogP contribution in [0.3, 0.4) is 0 Å². The molecule has 1 saturated carbocycles. The van der Waals surface area contributed by atoms with Crippen LogP contribution in [0.4, 0.5) is 0 Å². The molecule has 0 unspecified atom stereocenters. The Bertz CT molecular complexity index is 158. The lowest BCUT2D eigenvalue weighted by Crippen LogP contribution is -2.32. The van der Waals surface area contributed by atoms with E-state index in [1.165, 1.54) is 32.2 Å². The van der Waals surface area contributed by atoms with Crippen LogP contribution in [0.2, 0.25) is 0 Å². The van der Waals surface area contributed by atoms with Crippen molar-refractivity contribution >= 4 is 0 Å². The van der Waals surface area contributed by atoms with Crippen LogP contribution in [0.25, 0.3) is 0 Å². The van der Waals surface area contributed by atoms with Crippen LogP contribution in [0.1, 0.15) is 32.6 Å². The zero-order valence-corrected chi connectivity index (χ0v) is 10.3. The number of hydrogen-bond acceptors (Lipinski definition) is 3. The van der Waals surface area contributed by atoms with Crippen molar-refractivity contribution in [2.75, 3.05) is 39.9 Å². The van der Waals surface area contributed by atoms with Gasteiger partial charge in [0, 0.05) is 33.3 Å². The maximum atomic E-state index is 4.96. The lowest BCUT2D eigenvalue weighted by atomic mass is 10.0. The van der Waals surface area contributed by atoms with Gasteiger partial charge in [-0.1, -0.05) is 13.3 Å². The van der Waals surface area contributed by atoms with E-state index in [1.54, 1.807) is 7.11 Å². The molecule has 2 N–H and O–H groups in total. The minimum absolute atomic E-state index is 0.682. The van der Waals surface area contributed by atoms with Crippen molar-refractivity contribution in [2.45, 2.75) is 32.6 Å². The van der Waals surface area contributed by atoms with Gasteiger partial charge in [-0.3, -0.25) is 0 Å². The Morgan fingerprint density at radius 3 is 2.47 bits per heavy atom. The van der Waals surface area contributed by atoms with Crippen molar-refractivity contribution in [3.63, 3.8) is 0 Å². The van der Waals surface area contributed by atoms with Crippen LogP contribution in [0.5, 0.6) is 0 Å². The largest absolute Gasteiger partial charge is 0.383 e. The summed E-state index contributed by atoms with van der Waals surface area (Å²) in [6.07, 6.45) is 5.60. The Morgan fingerprint density at radius 1 is 1.13 bits per heavy atom. The first kappa shape index (κ1) is 12.9. The van der Waals surface area contributed by atoms with E-state index in [0.29, 0.717) is 5.41 Å². The second kappa shape index (κ2) is 7.20. The first-order valence-electron chi connectivity index (χ1n) is 6.23. The SMILES string of the molecule is CCCC1(CNCCNCCOC)CC1. The molecule has 3 heteroatoms. The number of hydrogen-bond donors (Lipinski definition) is 2. The lowest BCUT2D eigenvalue weighted by molar-refractivity contribution is 0.199. The molecule has 0 aromatic heterocycles. The van der Waals surface area contributed by atoms with Crippen molar-refractivity contribution < 1.29 is 4.74 Å². The summed E-state index contributed by atoms with van der Waals surface area (Å²) < 4.78 is 4.96. The van der Waals surface area contributed by atoms with Crippen LogP contribution < -0.4 is 10.6 Å². The molecule has 0 aromatic rings. The van der Waals surface area contributed by atoms with Crippen molar-refractivity contribution in [1.29, 1.82) is 0 Å². The standard InChI is InChI=1S/C12H26N2O/c1-3-4-12(5-6-12)11-14-8-7-13-9-10-15-2/h13-14H,3-11H2,1-2H3. The normalized spacial score (nSPS) is 18.0. The quantitative estimate of drug-likeness (QED) is 0.539. The molecule has 0 amide bonds. The van der Waals surface area contributed by atoms with Gasteiger partial charge in [-0.05, 0) is 24.7 Å². The summed E-state index contributed by atoms with van der Waals surface area (Å²) in [5, 5.41) is 6.88. The Balaban J connectivity index is 1.84.